The molecule has 10 heteroatoms. The largest absolute Gasteiger partial charge is 0.480 e. The van der Waals surface area contributed by atoms with Crippen molar-refractivity contribution in [3.8, 4) is 34.7 Å². The Morgan fingerprint density at radius 1 is 1.08 bits per heavy atom. The van der Waals surface area contributed by atoms with E-state index in [9.17, 15) is 5.26 Å². The lowest BCUT2D eigenvalue weighted by atomic mass is 10.1. The summed E-state index contributed by atoms with van der Waals surface area (Å²) in [6, 6.07) is 10.5. The average Bonchev–Trinajstić information content (AvgIpc) is 3.56. The number of rotatable bonds is 7. The van der Waals surface area contributed by atoms with Crippen LogP contribution in [-0.4, -0.2) is 46.4 Å². The van der Waals surface area contributed by atoms with Crippen LogP contribution in [0.25, 0.3) is 33.8 Å². The third-order valence-electron chi connectivity index (χ3n) is 6.55. The average molecular weight is 492 g/mol. The normalized spacial score (nSPS) is 13.3. The number of ether oxygens (including phenoxy) is 1. The maximum atomic E-state index is 9.29. The summed E-state index contributed by atoms with van der Waals surface area (Å²) < 4.78 is 9.42. The number of imidazole rings is 1. The van der Waals surface area contributed by atoms with Gasteiger partial charge in [0.2, 0.25) is 5.88 Å². The minimum absolute atomic E-state index is 0.197. The van der Waals surface area contributed by atoms with Gasteiger partial charge in [0.05, 0.1) is 30.9 Å². The van der Waals surface area contributed by atoms with Crippen molar-refractivity contribution in [3.05, 3.63) is 66.1 Å². The highest BCUT2D eigenvalue weighted by molar-refractivity contribution is 5.77. The van der Waals surface area contributed by atoms with Crippen molar-refractivity contribution in [2.24, 2.45) is 0 Å². The van der Waals surface area contributed by atoms with E-state index in [-0.39, 0.29) is 6.04 Å². The number of nitrogens with zero attached hydrogens (tertiary/aromatic N) is 9. The molecule has 0 unspecified atom stereocenters. The molecule has 10 nitrogen and oxygen atoms in total. The summed E-state index contributed by atoms with van der Waals surface area (Å²) in [5.41, 5.74) is 4.86. The van der Waals surface area contributed by atoms with Gasteiger partial charge in [0.25, 0.3) is 0 Å². The molecule has 1 aliphatic rings. The van der Waals surface area contributed by atoms with Gasteiger partial charge in [-0.2, -0.15) is 10.4 Å². The molecular weight excluding hydrogens is 466 g/mol. The molecule has 0 aliphatic heterocycles. The molecule has 1 saturated carbocycles. The number of benzene rings is 1. The summed E-state index contributed by atoms with van der Waals surface area (Å²) >= 11 is 0. The second-order valence-electron chi connectivity index (χ2n) is 9.45. The van der Waals surface area contributed by atoms with Crippen LogP contribution in [0.1, 0.15) is 55.6 Å². The maximum Gasteiger partial charge on any atom is 0.227 e. The van der Waals surface area contributed by atoms with Gasteiger partial charge in [0.1, 0.15) is 23.8 Å². The third kappa shape index (κ3) is 4.18. The summed E-state index contributed by atoms with van der Waals surface area (Å²) in [5.74, 6) is 2.20. The van der Waals surface area contributed by atoms with E-state index in [4.69, 9.17) is 9.72 Å². The Hall–Kier alpha value is -4.65. The van der Waals surface area contributed by atoms with E-state index in [0.717, 1.165) is 52.1 Å². The van der Waals surface area contributed by atoms with Crippen LogP contribution in [0, 0.1) is 11.3 Å². The quantitative estimate of drug-likeness (QED) is 0.326. The van der Waals surface area contributed by atoms with Gasteiger partial charge in [-0.05, 0) is 32.3 Å². The first-order valence-corrected chi connectivity index (χ1v) is 12.2. The monoisotopic (exact) mass is 491 g/mol. The third-order valence-corrected chi connectivity index (χ3v) is 6.55. The fraction of sp³-hybridized carbons (Fsp3) is 0.296. The lowest BCUT2D eigenvalue weighted by molar-refractivity contribution is 0.397. The summed E-state index contributed by atoms with van der Waals surface area (Å²) in [5, 5.41) is 14.7. The Labute approximate surface area is 213 Å². The molecule has 0 radical (unpaired) electrons. The second kappa shape index (κ2) is 9.09. The van der Waals surface area contributed by atoms with Gasteiger partial charge in [-0.25, -0.2) is 29.6 Å². The minimum atomic E-state index is 0.197. The number of hydrogen-bond donors (Lipinski definition) is 0. The lowest BCUT2D eigenvalue weighted by Gasteiger charge is -2.12. The van der Waals surface area contributed by atoms with Gasteiger partial charge in [-0.15, -0.1) is 0 Å². The molecule has 4 aromatic heterocycles. The van der Waals surface area contributed by atoms with Crippen LogP contribution in [0.2, 0.25) is 0 Å². The van der Waals surface area contributed by atoms with Crippen LogP contribution < -0.4 is 4.74 Å². The first-order chi connectivity index (χ1) is 18.1. The standard InChI is InChI=1S/C27H25N9O/c1-16(2)35-14-21(10-28)33-25(35)19-6-4-17(5-7-19)13-36-26-20(12-32-36)11-29-24(34-26)22-23(18-8-9-18)30-15-31-27(22)37-3/h4-7,11-12,14-16,18H,8-9,13H2,1-3H3. The minimum Gasteiger partial charge on any atom is -0.480 e. The Bertz CT molecular complexity index is 1640. The molecule has 1 fully saturated rings. The molecule has 5 aromatic rings. The van der Waals surface area contributed by atoms with Crippen molar-refractivity contribution < 1.29 is 4.74 Å². The maximum absolute atomic E-state index is 9.29. The molecule has 37 heavy (non-hydrogen) atoms. The van der Waals surface area contributed by atoms with Crippen molar-refractivity contribution in [2.45, 2.75) is 45.2 Å². The highest BCUT2D eigenvalue weighted by Gasteiger charge is 2.31. The zero-order valence-electron chi connectivity index (χ0n) is 20.8. The van der Waals surface area contributed by atoms with Crippen LogP contribution in [0.5, 0.6) is 5.88 Å². The summed E-state index contributed by atoms with van der Waals surface area (Å²) in [7, 11) is 1.60. The molecule has 0 N–H and O–H groups in total. The first-order valence-electron chi connectivity index (χ1n) is 12.2. The molecule has 0 spiro atoms. The van der Waals surface area contributed by atoms with Gasteiger partial charge in [-0.1, -0.05) is 24.3 Å². The first kappa shape index (κ1) is 22.8. The molecule has 1 aliphatic carbocycles. The topological polar surface area (TPSA) is 120 Å². The molecule has 6 rings (SSSR count). The zero-order valence-corrected chi connectivity index (χ0v) is 20.8. The van der Waals surface area contributed by atoms with Gasteiger partial charge in [0, 0.05) is 29.9 Å². The zero-order chi connectivity index (χ0) is 25.5. The van der Waals surface area contributed by atoms with Crippen LogP contribution in [0.15, 0.2) is 49.2 Å². The van der Waals surface area contributed by atoms with E-state index in [0.29, 0.717) is 29.9 Å². The Kier molecular flexibility index (Phi) is 5.60. The van der Waals surface area contributed by atoms with E-state index in [1.165, 1.54) is 6.33 Å². The lowest BCUT2D eigenvalue weighted by Crippen LogP contribution is -2.05. The van der Waals surface area contributed by atoms with Gasteiger partial charge >= 0.3 is 0 Å². The predicted octanol–water partition coefficient (Wildman–Crippen LogP) is 4.53. The van der Waals surface area contributed by atoms with Crippen molar-refractivity contribution >= 4 is 11.0 Å². The summed E-state index contributed by atoms with van der Waals surface area (Å²) in [6.45, 7) is 4.69. The van der Waals surface area contributed by atoms with Gasteiger partial charge in [0.15, 0.2) is 17.2 Å². The van der Waals surface area contributed by atoms with E-state index in [1.54, 1.807) is 25.7 Å². The highest BCUT2D eigenvalue weighted by Crippen LogP contribution is 2.44. The van der Waals surface area contributed by atoms with Crippen molar-refractivity contribution in [3.63, 3.8) is 0 Å². The molecular formula is C27H25N9O. The second-order valence-corrected chi connectivity index (χ2v) is 9.45. The Morgan fingerprint density at radius 2 is 1.89 bits per heavy atom. The van der Waals surface area contributed by atoms with Crippen molar-refractivity contribution in [1.29, 1.82) is 5.26 Å². The Morgan fingerprint density at radius 3 is 2.59 bits per heavy atom. The van der Waals surface area contributed by atoms with Crippen molar-refractivity contribution in [2.75, 3.05) is 7.11 Å². The Balaban J connectivity index is 1.33. The van der Waals surface area contributed by atoms with E-state index >= 15 is 0 Å². The molecule has 184 valence electrons. The number of hydrogen-bond acceptors (Lipinski definition) is 8. The van der Waals surface area contributed by atoms with Crippen LogP contribution in [0.4, 0.5) is 0 Å². The number of nitriles is 1. The molecule has 0 atom stereocenters. The molecule has 1 aromatic carbocycles. The van der Waals surface area contributed by atoms with Gasteiger partial charge < -0.3 is 9.30 Å². The smallest absolute Gasteiger partial charge is 0.227 e. The van der Waals surface area contributed by atoms with Crippen LogP contribution >= 0.6 is 0 Å². The van der Waals surface area contributed by atoms with E-state index in [2.05, 4.69) is 57.1 Å². The predicted molar refractivity (Wildman–Crippen MR) is 137 cm³/mol. The number of fused-ring (bicyclic) bond motifs is 1. The molecule has 0 saturated heterocycles. The van der Waals surface area contributed by atoms with E-state index < -0.39 is 0 Å². The molecule has 0 bridgehead atoms. The van der Waals surface area contributed by atoms with Crippen molar-refractivity contribution in [1.82, 2.24) is 39.3 Å². The van der Waals surface area contributed by atoms with Gasteiger partial charge in [-0.3, -0.25) is 0 Å². The highest BCUT2D eigenvalue weighted by atomic mass is 16.5. The van der Waals surface area contributed by atoms with E-state index in [1.807, 2.05) is 21.4 Å². The molecule has 4 heterocycles. The number of methoxy groups -OCH3 is 1. The summed E-state index contributed by atoms with van der Waals surface area (Å²) in [6.07, 6.45) is 9.08. The van der Waals surface area contributed by atoms with Crippen LogP contribution in [-0.2, 0) is 6.54 Å². The molecule has 0 amide bonds. The fourth-order valence-electron chi connectivity index (χ4n) is 4.50. The SMILES string of the molecule is COc1ncnc(C2CC2)c1-c1ncc2cnn(Cc3ccc(-c4nc(C#N)cn4C(C)C)cc3)c2n1. The van der Waals surface area contributed by atoms with Crippen LogP contribution in [0.3, 0.4) is 0 Å². The number of aromatic nitrogens is 8. The summed E-state index contributed by atoms with van der Waals surface area (Å²) in [4.78, 5) is 22.8. The fourth-order valence-corrected chi connectivity index (χ4v) is 4.50.